The molecular formula is C21H31FN2O2. The third-order valence-corrected chi connectivity index (χ3v) is 5.57. The highest BCUT2D eigenvalue weighted by atomic mass is 19.1. The molecule has 0 bridgehead atoms. The first-order chi connectivity index (χ1) is 12.3. The van der Waals surface area contributed by atoms with Crippen LogP contribution in [-0.4, -0.2) is 36.7 Å². The Morgan fingerprint density at radius 3 is 2.73 bits per heavy atom. The summed E-state index contributed by atoms with van der Waals surface area (Å²) in [6.45, 7) is 7.98. The number of hydrogen-bond acceptors (Lipinski definition) is 3. The number of carbonyl (C=O) groups excluding carboxylic acids is 1. The van der Waals surface area contributed by atoms with Crippen LogP contribution >= 0.6 is 0 Å². The quantitative estimate of drug-likeness (QED) is 0.842. The molecule has 1 unspecified atom stereocenters. The fraction of sp³-hybridized carbons (Fsp3) is 0.667. The summed E-state index contributed by atoms with van der Waals surface area (Å²) in [4.78, 5) is 12.4. The number of hydrogen-bond donors (Lipinski definition) is 2. The summed E-state index contributed by atoms with van der Waals surface area (Å²) in [6.07, 6.45) is 5.18. The van der Waals surface area contributed by atoms with Gasteiger partial charge in [-0.2, -0.15) is 0 Å². The molecule has 2 aliphatic rings. The SMILES string of the molecule is Cc1cc(F)cc(C(=O)N[C@H]2CC[C@H](NCC3CCOC(C)(C)C3)C2)c1. The minimum Gasteiger partial charge on any atom is -0.376 e. The third kappa shape index (κ3) is 5.27. The maximum atomic E-state index is 13.5. The van der Waals surface area contributed by atoms with Gasteiger partial charge in [0.1, 0.15) is 5.82 Å². The molecule has 1 aliphatic carbocycles. The third-order valence-electron chi connectivity index (χ3n) is 5.57. The van der Waals surface area contributed by atoms with E-state index in [-0.39, 0.29) is 23.4 Å². The molecule has 144 valence electrons. The molecule has 3 rings (SSSR count). The topological polar surface area (TPSA) is 50.4 Å². The largest absolute Gasteiger partial charge is 0.376 e. The molecule has 0 aromatic heterocycles. The molecule has 0 spiro atoms. The summed E-state index contributed by atoms with van der Waals surface area (Å²) >= 11 is 0. The summed E-state index contributed by atoms with van der Waals surface area (Å²) in [6, 6.07) is 5.08. The molecule has 2 N–H and O–H groups in total. The minimum atomic E-state index is -0.361. The fourth-order valence-corrected chi connectivity index (χ4v) is 4.30. The van der Waals surface area contributed by atoms with Crippen LogP contribution in [0.3, 0.4) is 0 Å². The van der Waals surface area contributed by atoms with Crippen molar-refractivity contribution in [2.45, 2.75) is 70.6 Å². The lowest BCUT2D eigenvalue weighted by Crippen LogP contribution is -2.41. The standard InChI is InChI=1S/C21H31FN2O2/c1-14-8-16(10-17(22)9-14)20(25)24-19-5-4-18(11-19)23-13-15-6-7-26-21(2,3)12-15/h8-10,15,18-19,23H,4-7,11-13H2,1-3H3,(H,24,25)/t15?,18-,19-/m0/s1. The Morgan fingerprint density at radius 1 is 1.23 bits per heavy atom. The van der Waals surface area contributed by atoms with Gasteiger partial charge < -0.3 is 15.4 Å². The van der Waals surface area contributed by atoms with Crippen molar-refractivity contribution < 1.29 is 13.9 Å². The summed E-state index contributed by atoms with van der Waals surface area (Å²) in [7, 11) is 0. The Hall–Kier alpha value is -1.46. The van der Waals surface area contributed by atoms with Crippen molar-refractivity contribution in [2.75, 3.05) is 13.2 Å². The monoisotopic (exact) mass is 362 g/mol. The number of amides is 1. The average molecular weight is 362 g/mol. The number of nitrogens with one attached hydrogen (secondary N) is 2. The van der Waals surface area contributed by atoms with Crippen molar-refractivity contribution in [3.05, 3.63) is 35.1 Å². The van der Waals surface area contributed by atoms with Crippen LogP contribution in [0, 0.1) is 18.7 Å². The van der Waals surface area contributed by atoms with Gasteiger partial charge in [-0.1, -0.05) is 0 Å². The Kier molecular flexibility index (Phi) is 5.98. The number of aryl methyl sites for hydroxylation is 1. The van der Waals surface area contributed by atoms with Crippen LogP contribution in [0.2, 0.25) is 0 Å². The average Bonchev–Trinajstić information content (AvgIpc) is 2.98. The van der Waals surface area contributed by atoms with Gasteiger partial charge in [0.15, 0.2) is 0 Å². The maximum absolute atomic E-state index is 13.5. The van der Waals surface area contributed by atoms with Crippen molar-refractivity contribution in [3.63, 3.8) is 0 Å². The lowest BCUT2D eigenvalue weighted by molar-refractivity contribution is -0.0721. The summed E-state index contributed by atoms with van der Waals surface area (Å²) in [5, 5.41) is 6.75. The molecule has 1 aromatic rings. The molecule has 3 atom stereocenters. The van der Waals surface area contributed by atoms with Crippen LogP contribution in [0.25, 0.3) is 0 Å². The van der Waals surface area contributed by atoms with Crippen molar-refractivity contribution in [1.82, 2.24) is 10.6 Å². The first-order valence-corrected chi connectivity index (χ1v) is 9.76. The van der Waals surface area contributed by atoms with E-state index >= 15 is 0 Å². The highest BCUT2D eigenvalue weighted by Gasteiger charge is 2.30. The van der Waals surface area contributed by atoms with Gasteiger partial charge >= 0.3 is 0 Å². The molecule has 1 saturated heterocycles. The number of rotatable bonds is 5. The van der Waals surface area contributed by atoms with Gasteiger partial charge in [0.25, 0.3) is 5.91 Å². The van der Waals surface area contributed by atoms with E-state index in [1.54, 1.807) is 13.0 Å². The van der Waals surface area contributed by atoms with Gasteiger partial charge in [-0.05, 0) is 89.1 Å². The first-order valence-electron chi connectivity index (χ1n) is 9.76. The van der Waals surface area contributed by atoms with Crippen LogP contribution in [0.5, 0.6) is 0 Å². The van der Waals surface area contributed by atoms with Gasteiger partial charge in [-0.25, -0.2) is 4.39 Å². The molecule has 1 saturated carbocycles. The lowest BCUT2D eigenvalue weighted by Gasteiger charge is -2.36. The number of ether oxygens (including phenoxy) is 1. The van der Waals surface area contributed by atoms with Crippen LogP contribution in [0.1, 0.15) is 61.9 Å². The van der Waals surface area contributed by atoms with Crippen molar-refractivity contribution in [2.24, 2.45) is 5.92 Å². The number of halogens is 1. The van der Waals surface area contributed by atoms with E-state index in [4.69, 9.17) is 4.74 Å². The molecule has 26 heavy (non-hydrogen) atoms. The van der Waals surface area contributed by atoms with E-state index in [0.717, 1.165) is 50.8 Å². The van der Waals surface area contributed by atoms with Crippen LogP contribution in [0.15, 0.2) is 18.2 Å². The Bertz CT molecular complexity index is 627. The highest BCUT2D eigenvalue weighted by molar-refractivity contribution is 5.94. The minimum absolute atomic E-state index is 0.0140. The van der Waals surface area contributed by atoms with Crippen molar-refractivity contribution >= 4 is 5.91 Å². The maximum Gasteiger partial charge on any atom is 0.251 e. The second-order valence-electron chi connectivity index (χ2n) is 8.57. The zero-order valence-corrected chi connectivity index (χ0v) is 16.1. The number of carbonyl (C=O) groups is 1. The van der Waals surface area contributed by atoms with Gasteiger partial charge in [-0.15, -0.1) is 0 Å². The van der Waals surface area contributed by atoms with Gasteiger partial charge in [-0.3, -0.25) is 4.79 Å². The zero-order valence-electron chi connectivity index (χ0n) is 16.1. The van der Waals surface area contributed by atoms with E-state index < -0.39 is 0 Å². The van der Waals surface area contributed by atoms with Gasteiger partial charge in [0.05, 0.1) is 5.60 Å². The number of benzene rings is 1. The first kappa shape index (κ1) is 19.3. The lowest BCUT2D eigenvalue weighted by atomic mass is 9.88. The van der Waals surface area contributed by atoms with Crippen LogP contribution < -0.4 is 10.6 Å². The highest BCUT2D eigenvalue weighted by Crippen LogP contribution is 2.28. The molecule has 0 radical (unpaired) electrons. The Balaban J connectivity index is 1.44. The predicted octanol–water partition coefficient (Wildman–Crippen LogP) is 3.58. The summed E-state index contributed by atoms with van der Waals surface area (Å²) < 4.78 is 19.3. The summed E-state index contributed by atoms with van der Waals surface area (Å²) in [5.74, 6) is 0.118. The van der Waals surface area contributed by atoms with E-state index in [0.29, 0.717) is 17.5 Å². The van der Waals surface area contributed by atoms with Crippen LogP contribution in [-0.2, 0) is 4.74 Å². The molecule has 1 aromatic carbocycles. The van der Waals surface area contributed by atoms with Crippen molar-refractivity contribution in [3.8, 4) is 0 Å². The molecular weight excluding hydrogens is 331 g/mol. The summed E-state index contributed by atoms with van der Waals surface area (Å²) in [5.41, 5.74) is 1.16. The van der Waals surface area contributed by atoms with Crippen LogP contribution in [0.4, 0.5) is 4.39 Å². The molecule has 2 fully saturated rings. The Labute approximate surface area is 155 Å². The van der Waals surface area contributed by atoms with Gasteiger partial charge in [0.2, 0.25) is 0 Å². The van der Waals surface area contributed by atoms with E-state index in [9.17, 15) is 9.18 Å². The predicted molar refractivity (Wildman–Crippen MR) is 101 cm³/mol. The van der Waals surface area contributed by atoms with E-state index in [1.165, 1.54) is 12.1 Å². The molecule has 4 nitrogen and oxygen atoms in total. The molecule has 1 aliphatic heterocycles. The molecule has 5 heteroatoms. The Morgan fingerprint density at radius 2 is 2.00 bits per heavy atom. The van der Waals surface area contributed by atoms with Gasteiger partial charge in [0, 0.05) is 24.3 Å². The molecule has 1 heterocycles. The zero-order chi connectivity index (χ0) is 18.7. The fourth-order valence-electron chi connectivity index (χ4n) is 4.30. The van der Waals surface area contributed by atoms with E-state index in [1.807, 2.05) is 0 Å². The normalized spacial score (nSPS) is 28.1. The molecule has 1 amide bonds. The van der Waals surface area contributed by atoms with E-state index in [2.05, 4.69) is 24.5 Å². The van der Waals surface area contributed by atoms with Crippen molar-refractivity contribution in [1.29, 1.82) is 0 Å². The smallest absolute Gasteiger partial charge is 0.251 e. The second-order valence-corrected chi connectivity index (χ2v) is 8.57. The second kappa shape index (κ2) is 8.05.